The number of rotatable bonds is 6. The van der Waals surface area contributed by atoms with Gasteiger partial charge in [0.2, 0.25) is 5.91 Å². The van der Waals surface area contributed by atoms with Crippen LogP contribution in [0.25, 0.3) is 0 Å². The van der Waals surface area contributed by atoms with E-state index in [-0.39, 0.29) is 5.91 Å². The fraction of sp³-hybridized carbons (Fsp3) is 0.571. The number of carbonyl (C=O) groups excluding carboxylic acids is 1. The molecule has 1 aromatic heterocycles. The molecule has 1 fully saturated rings. The predicted molar refractivity (Wildman–Crippen MR) is 76.2 cm³/mol. The number of carbonyl (C=O) groups is 1. The average Bonchev–Trinajstić information content (AvgIpc) is 2.47. The highest BCUT2D eigenvalue weighted by molar-refractivity contribution is 5.75. The maximum absolute atomic E-state index is 11.8. The Morgan fingerprint density at radius 2 is 2.20 bits per heavy atom. The molecular formula is C14H22N4O2. The van der Waals surface area contributed by atoms with E-state index in [1.54, 1.807) is 12.4 Å². The molecule has 0 saturated carbocycles. The average molecular weight is 278 g/mol. The summed E-state index contributed by atoms with van der Waals surface area (Å²) in [6.45, 7) is 4.28. The van der Waals surface area contributed by atoms with Gasteiger partial charge in [-0.25, -0.2) is 5.01 Å². The molecule has 0 radical (unpaired) electrons. The second-order valence-corrected chi connectivity index (χ2v) is 4.97. The zero-order chi connectivity index (χ0) is 14.2. The first kappa shape index (κ1) is 14.7. The lowest BCUT2D eigenvalue weighted by Crippen LogP contribution is -2.52. The largest absolute Gasteiger partial charge is 0.492 e. The topological polar surface area (TPSA) is 57.7 Å². The van der Waals surface area contributed by atoms with E-state index in [0.29, 0.717) is 19.4 Å². The predicted octanol–water partition coefficient (Wildman–Crippen LogP) is 0.519. The summed E-state index contributed by atoms with van der Waals surface area (Å²) in [4.78, 5) is 18.0. The van der Waals surface area contributed by atoms with Crippen molar-refractivity contribution in [2.45, 2.75) is 12.8 Å². The maximum atomic E-state index is 11.8. The van der Waals surface area contributed by atoms with Crippen molar-refractivity contribution >= 4 is 5.91 Å². The third kappa shape index (κ3) is 5.14. The number of amides is 1. The molecule has 20 heavy (non-hydrogen) atoms. The van der Waals surface area contributed by atoms with E-state index < -0.39 is 0 Å². The van der Waals surface area contributed by atoms with Gasteiger partial charge in [-0.15, -0.1) is 0 Å². The Morgan fingerprint density at radius 3 is 2.90 bits per heavy atom. The normalized spacial score (nSPS) is 16.9. The Morgan fingerprint density at radius 1 is 1.40 bits per heavy atom. The van der Waals surface area contributed by atoms with Crippen molar-refractivity contribution < 1.29 is 9.53 Å². The van der Waals surface area contributed by atoms with E-state index in [0.717, 1.165) is 31.9 Å². The van der Waals surface area contributed by atoms with Crippen LogP contribution in [-0.4, -0.2) is 60.6 Å². The Bertz CT molecular complexity index is 405. The van der Waals surface area contributed by atoms with Crippen molar-refractivity contribution in [1.82, 2.24) is 20.3 Å². The monoisotopic (exact) mass is 278 g/mol. The molecular weight excluding hydrogens is 256 g/mol. The van der Waals surface area contributed by atoms with Crippen molar-refractivity contribution in [3.63, 3.8) is 0 Å². The van der Waals surface area contributed by atoms with Gasteiger partial charge in [-0.05, 0) is 25.6 Å². The number of hydrazine groups is 1. The first-order chi connectivity index (χ1) is 9.74. The minimum absolute atomic E-state index is 0.0596. The summed E-state index contributed by atoms with van der Waals surface area (Å²) in [5.74, 6) is 0.802. The minimum Gasteiger partial charge on any atom is -0.492 e. The molecule has 2 rings (SSSR count). The molecule has 6 heteroatoms. The van der Waals surface area contributed by atoms with E-state index in [1.807, 2.05) is 17.1 Å². The number of aromatic nitrogens is 1. The van der Waals surface area contributed by atoms with Gasteiger partial charge < -0.3 is 9.64 Å². The van der Waals surface area contributed by atoms with Crippen molar-refractivity contribution in [3.8, 4) is 5.75 Å². The zero-order valence-electron chi connectivity index (χ0n) is 11.9. The van der Waals surface area contributed by atoms with Gasteiger partial charge in [0.15, 0.2) is 0 Å². The SMILES string of the molecule is CN1CCN(NC(=O)CCCOc2cccnc2)CC1. The fourth-order valence-electron chi connectivity index (χ4n) is 2.01. The van der Waals surface area contributed by atoms with Crippen LogP contribution in [0.15, 0.2) is 24.5 Å². The summed E-state index contributed by atoms with van der Waals surface area (Å²) in [5, 5.41) is 1.99. The summed E-state index contributed by atoms with van der Waals surface area (Å²) in [6.07, 6.45) is 4.56. The number of piperazine rings is 1. The highest BCUT2D eigenvalue weighted by atomic mass is 16.5. The van der Waals surface area contributed by atoms with Crippen LogP contribution in [0.4, 0.5) is 0 Å². The molecule has 0 aromatic carbocycles. The molecule has 0 atom stereocenters. The lowest BCUT2D eigenvalue weighted by Gasteiger charge is -2.32. The number of likely N-dealkylation sites (N-methyl/N-ethyl adjacent to an activating group) is 1. The smallest absolute Gasteiger partial charge is 0.234 e. The van der Waals surface area contributed by atoms with Crippen LogP contribution in [0.3, 0.4) is 0 Å². The number of ether oxygens (including phenoxy) is 1. The van der Waals surface area contributed by atoms with Gasteiger partial charge in [0.1, 0.15) is 5.75 Å². The third-order valence-corrected chi connectivity index (χ3v) is 3.24. The number of pyridine rings is 1. The molecule has 1 aliphatic rings. The highest BCUT2D eigenvalue weighted by Gasteiger charge is 2.15. The van der Waals surface area contributed by atoms with Crippen LogP contribution in [0.5, 0.6) is 5.75 Å². The fourth-order valence-corrected chi connectivity index (χ4v) is 2.01. The van der Waals surface area contributed by atoms with Gasteiger partial charge in [-0.3, -0.25) is 15.2 Å². The third-order valence-electron chi connectivity index (χ3n) is 3.24. The van der Waals surface area contributed by atoms with Gasteiger partial charge in [-0.2, -0.15) is 0 Å². The Hall–Kier alpha value is -1.66. The molecule has 110 valence electrons. The van der Waals surface area contributed by atoms with Gasteiger partial charge >= 0.3 is 0 Å². The van der Waals surface area contributed by atoms with Gasteiger partial charge in [0, 0.05) is 38.8 Å². The molecule has 1 saturated heterocycles. The summed E-state index contributed by atoms with van der Waals surface area (Å²) < 4.78 is 5.50. The minimum atomic E-state index is 0.0596. The molecule has 0 spiro atoms. The van der Waals surface area contributed by atoms with Crippen LogP contribution in [0.1, 0.15) is 12.8 Å². The number of hydrogen-bond donors (Lipinski definition) is 1. The molecule has 1 aromatic rings. The molecule has 0 aliphatic carbocycles. The number of hydrogen-bond acceptors (Lipinski definition) is 5. The second kappa shape index (κ2) is 7.81. The van der Waals surface area contributed by atoms with E-state index in [4.69, 9.17) is 4.74 Å². The van der Waals surface area contributed by atoms with Crippen LogP contribution >= 0.6 is 0 Å². The molecule has 0 unspecified atom stereocenters. The summed E-state index contributed by atoms with van der Waals surface area (Å²) >= 11 is 0. The zero-order valence-corrected chi connectivity index (χ0v) is 11.9. The van der Waals surface area contributed by atoms with E-state index in [9.17, 15) is 4.79 Å². The second-order valence-electron chi connectivity index (χ2n) is 4.97. The lowest BCUT2D eigenvalue weighted by molar-refractivity contribution is -0.126. The van der Waals surface area contributed by atoms with Gasteiger partial charge in [-0.1, -0.05) is 0 Å². The Kier molecular flexibility index (Phi) is 5.76. The maximum Gasteiger partial charge on any atom is 0.234 e. The van der Waals surface area contributed by atoms with Gasteiger partial charge in [0.05, 0.1) is 12.8 Å². The van der Waals surface area contributed by atoms with E-state index in [1.165, 1.54) is 0 Å². The molecule has 1 N–H and O–H groups in total. The van der Waals surface area contributed by atoms with Crippen molar-refractivity contribution in [3.05, 3.63) is 24.5 Å². The van der Waals surface area contributed by atoms with Gasteiger partial charge in [0.25, 0.3) is 0 Å². The molecule has 0 bridgehead atoms. The van der Waals surface area contributed by atoms with E-state index >= 15 is 0 Å². The van der Waals surface area contributed by atoms with Crippen LogP contribution in [0.2, 0.25) is 0 Å². The molecule has 1 amide bonds. The number of nitrogens with zero attached hydrogens (tertiary/aromatic N) is 3. The molecule has 2 heterocycles. The molecule has 6 nitrogen and oxygen atoms in total. The highest BCUT2D eigenvalue weighted by Crippen LogP contribution is 2.06. The summed E-state index contributed by atoms with van der Waals surface area (Å²) in [7, 11) is 2.09. The van der Waals surface area contributed by atoms with Crippen molar-refractivity contribution in [1.29, 1.82) is 0 Å². The quantitative estimate of drug-likeness (QED) is 0.769. The standard InChI is InChI=1S/C14H22N4O2/c1-17-7-9-18(10-8-17)16-14(19)5-3-11-20-13-4-2-6-15-12-13/h2,4,6,12H,3,5,7-11H2,1H3,(H,16,19). The lowest BCUT2D eigenvalue weighted by atomic mass is 10.3. The first-order valence-corrected chi connectivity index (χ1v) is 7.00. The van der Waals surface area contributed by atoms with Crippen LogP contribution in [-0.2, 0) is 4.79 Å². The van der Waals surface area contributed by atoms with Crippen molar-refractivity contribution in [2.24, 2.45) is 0 Å². The number of nitrogens with one attached hydrogen (secondary N) is 1. The Labute approximate surface area is 119 Å². The van der Waals surface area contributed by atoms with Crippen molar-refractivity contribution in [2.75, 3.05) is 39.8 Å². The molecule has 1 aliphatic heterocycles. The Balaban J connectivity index is 1.56. The first-order valence-electron chi connectivity index (χ1n) is 7.00. The van der Waals surface area contributed by atoms with Crippen LogP contribution in [0, 0.1) is 0 Å². The summed E-state index contributed by atoms with van der Waals surface area (Å²) in [6, 6.07) is 3.69. The summed E-state index contributed by atoms with van der Waals surface area (Å²) in [5.41, 5.74) is 2.94. The van der Waals surface area contributed by atoms with E-state index in [2.05, 4.69) is 22.4 Å². The van der Waals surface area contributed by atoms with Crippen LogP contribution < -0.4 is 10.2 Å².